The summed E-state index contributed by atoms with van der Waals surface area (Å²) in [6.07, 6.45) is 6.37. The normalized spacial score (nSPS) is 23.2. The summed E-state index contributed by atoms with van der Waals surface area (Å²) in [5.74, 6) is -0.0886. The standard InChI is InChI=1S/C11H16N2O/c1-9-7-10(8-11(14)12-9)13-5-3-2-4-6-13/h8H,2-7H2,1H3. The Morgan fingerprint density at radius 2 is 2.00 bits per heavy atom. The molecule has 2 rings (SSSR count). The van der Waals surface area contributed by atoms with E-state index in [2.05, 4.69) is 9.89 Å². The molecule has 0 spiro atoms. The molecule has 0 radical (unpaired) electrons. The van der Waals surface area contributed by atoms with Crippen molar-refractivity contribution in [2.45, 2.75) is 32.6 Å². The first-order valence-corrected chi connectivity index (χ1v) is 5.29. The van der Waals surface area contributed by atoms with Gasteiger partial charge in [0, 0.05) is 37.0 Å². The van der Waals surface area contributed by atoms with Gasteiger partial charge in [-0.15, -0.1) is 0 Å². The van der Waals surface area contributed by atoms with Crippen LogP contribution in [0.4, 0.5) is 0 Å². The van der Waals surface area contributed by atoms with Crippen LogP contribution in [0.3, 0.4) is 0 Å². The highest BCUT2D eigenvalue weighted by atomic mass is 16.1. The van der Waals surface area contributed by atoms with Crippen LogP contribution < -0.4 is 0 Å². The van der Waals surface area contributed by atoms with Gasteiger partial charge in [0.1, 0.15) is 0 Å². The summed E-state index contributed by atoms with van der Waals surface area (Å²) in [5.41, 5.74) is 2.11. The Bertz CT molecular complexity index is 298. The minimum atomic E-state index is -0.0886. The number of nitrogens with zero attached hydrogens (tertiary/aromatic N) is 2. The zero-order valence-electron chi connectivity index (χ0n) is 8.62. The molecule has 14 heavy (non-hydrogen) atoms. The molecule has 2 heterocycles. The summed E-state index contributed by atoms with van der Waals surface area (Å²) in [6.45, 7) is 4.13. The summed E-state index contributed by atoms with van der Waals surface area (Å²) in [6, 6.07) is 0. The van der Waals surface area contributed by atoms with Crippen molar-refractivity contribution >= 4 is 11.6 Å². The molecule has 0 saturated carbocycles. The van der Waals surface area contributed by atoms with E-state index in [0.29, 0.717) is 0 Å². The van der Waals surface area contributed by atoms with Gasteiger partial charge in [0.25, 0.3) is 5.91 Å². The molecule has 1 saturated heterocycles. The van der Waals surface area contributed by atoms with E-state index in [1.165, 1.54) is 25.0 Å². The number of carbonyl (C=O) groups excluding carboxylic acids is 1. The third-order valence-corrected chi connectivity index (χ3v) is 2.79. The van der Waals surface area contributed by atoms with Crippen molar-refractivity contribution in [1.29, 1.82) is 0 Å². The van der Waals surface area contributed by atoms with Crippen molar-refractivity contribution < 1.29 is 4.79 Å². The van der Waals surface area contributed by atoms with Crippen LogP contribution in [0.25, 0.3) is 0 Å². The van der Waals surface area contributed by atoms with Crippen LogP contribution in [0.1, 0.15) is 32.6 Å². The monoisotopic (exact) mass is 192 g/mol. The fourth-order valence-corrected chi connectivity index (χ4v) is 2.10. The zero-order valence-corrected chi connectivity index (χ0v) is 8.62. The average molecular weight is 192 g/mol. The smallest absolute Gasteiger partial charge is 0.271 e. The number of rotatable bonds is 1. The average Bonchev–Trinajstić information content (AvgIpc) is 2.18. The van der Waals surface area contributed by atoms with Gasteiger partial charge < -0.3 is 4.90 Å². The van der Waals surface area contributed by atoms with Gasteiger partial charge in [0.2, 0.25) is 0 Å². The second kappa shape index (κ2) is 3.95. The number of dihydropyridines is 1. The lowest BCUT2D eigenvalue weighted by Gasteiger charge is -2.31. The van der Waals surface area contributed by atoms with Crippen molar-refractivity contribution in [3.05, 3.63) is 11.8 Å². The highest BCUT2D eigenvalue weighted by Crippen LogP contribution is 2.19. The van der Waals surface area contributed by atoms with E-state index in [9.17, 15) is 4.79 Å². The number of piperidine rings is 1. The Morgan fingerprint density at radius 1 is 1.29 bits per heavy atom. The third-order valence-electron chi connectivity index (χ3n) is 2.79. The molecule has 1 fully saturated rings. The second-order valence-corrected chi connectivity index (χ2v) is 4.05. The molecule has 0 aromatic heterocycles. The van der Waals surface area contributed by atoms with Gasteiger partial charge in [-0.25, -0.2) is 4.99 Å². The Hall–Kier alpha value is -1.12. The lowest BCUT2D eigenvalue weighted by molar-refractivity contribution is -0.113. The highest BCUT2D eigenvalue weighted by Gasteiger charge is 2.18. The fourth-order valence-electron chi connectivity index (χ4n) is 2.10. The van der Waals surface area contributed by atoms with E-state index < -0.39 is 0 Å². The van der Waals surface area contributed by atoms with Crippen LogP contribution in [0.15, 0.2) is 16.8 Å². The van der Waals surface area contributed by atoms with Crippen LogP contribution in [-0.4, -0.2) is 29.6 Å². The van der Waals surface area contributed by atoms with E-state index in [1.54, 1.807) is 6.08 Å². The first kappa shape index (κ1) is 9.44. The van der Waals surface area contributed by atoms with Gasteiger partial charge in [-0.2, -0.15) is 0 Å². The number of allylic oxidation sites excluding steroid dienone is 1. The lowest BCUT2D eigenvalue weighted by atomic mass is 10.1. The predicted octanol–water partition coefficient (Wildman–Crippen LogP) is 1.75. The minimum absolute atomic E-state index is 0.0886. The first-order chi connectivity index (χ1) is 6.75. The summed E-state index contributed by atoms with van der Waals surface area (Å²) in [5, 5.41) is 0. The highest BCUT2D eigenvalue weighted by molar-refractivity contribution is 6.03. The third kappa shape index (κ3) is 2.03. The van der Waals surface area contributed by atoms with Crippen molar-refractivity contribution in [2.75, 3.05) is 13.1 Å². The van der Waals surface area contributed by atoms with E-state index in [-0.39, 0.29) is 5.91 Å². The molecule has 3 heteroatoms. The Labute approximate surface area is 84.5 Å². The van der Waals surface area contributed by atoms with Gasteiger partial charge in [-0.1, -0.05) is 0 Å². The number of hydrogen-bond donors (Lipinski definition) is 0. The molecule has 2 aliphatic rings. The maximum absolute atomic E-state index is 11.2. The molecule has 2 aliphatic heterocycles. The van der Waals surface area contributed by atoms with E-state index in [0.717, 1.165) is 25.2 Å². The predicted molar refractivity (Wildman–Crippen MR) is 56.2 cm³/mol. The SMILES string of the molecule is CC1=NC(=O)C=C(N2CCCCC2)C1. The maximum Gasteiger partial charge on any atom is 0.271 e. The van der Waals surface area contributed by atoms with Gasteiger partial charge in [-0.3, -0.25) is 4.79 Å². The van der Waals surface area contributed by atoms with E-state index in [1.807, 2.05) is 6.92 Å². The zero-order chi connectivity index (χ0) is 9.97. The van der Waals surface area contributed by atoms with Crippen LogP contribution in [0, 0.1) is 0 Å². The first-order valence-electron chi connectivity index (χ1n) is 5.29. The van der Waals surface area contributed by atoms with Gasteiger partial charge >= 0.3 is 0 Å². The van der Waals surface area contributed by atoms with Crippen LogP contribution in [0.5, 0.6) is 0 Å². The van der Waals surface area contributed by atoms with Gasteiger partial charge in [0.05, 0.1) is 0 Å². The fraction of sp³-hybridized carbons (Fsp3) is 0.636. The Balaban J connectivity index is 2.07. The number of likely N-dealkylation sites (tertiary alicyclic amines) is 1. The minimum Gasteiger partial charge on any atom is -0.374 e. The van der Waals surface area contributed by atoms with Crippen molar-refractivity contribution in [1.82, 2.24) is 4.90 Å². The van der Waals surface area contributed by atoms with Gasteiger partial charge in [-0.05, 0) is 26.2 Å². The molecule has 76 valence electrons. The molecule has 0 N–H and O–H groups in total. The number of aliphatic imine (C=N–C) groups is 1. The van der Waals surface area contributed by atoms with Crippen molar-refractivity contribution in [3.63, 3.8) is 0 Å². The summed E-state index contributed by atoms with van der Waals surface area (Å²) >= 11 is 0. The van der Waals surface area contributed by atoms with Crippen LogP contribution >= 0.6 is 0 Å². The summed E-state index contributed by atoms with van der Waals surface area (Å²) in [7, 11) is 0. The Morgan fingerprint density at radius 3 is 2.64 bits per heavy atom. The van der Waals surface area contributed by atoms with Crippen molar-refractivity contribution in [2.24, 2.45) is 4.99 Å². The molecular weight excluding hydrogens is 176 g/mol. The molecule has 0 aliphatic carbocycles. The number of hydrogen-bond acceptors (Lipinski definition) is 2. The largest absolute Gasteiger partial charge is 0.374 e. The second-order valence-electron chi connectivity index (χ2n) is 4.05. The molecule has 0 aromatic rings. The molecular formula is C11H16N2O. The summed E-state index contributed by atoms with van der Waals surface area (Å²) in [4.78, 5) is 17.5. The Kier molecular flexibility index (Phi) is 2.66. The van der Waals surface area contributed by atoms with Crippen molar-refractivity contribution in [3.8, 4) is 0 Å². The maximum atomic E-state index is 11.2. The lowest BCUT2D eigenvalue weighted by Crippen LogP contribution is -2.31. The van der Waals surface area contributed by atoms with E-state index in [4.69, 9.17) is 0 Å². The topological polar surface area (TPSA) is 32.7 Å². The molecule has 1 amide bonds. The van der Waals surface area contributed by atoms with Crippen LogP contribution in [-0.2, 0) is 4.79 Å². The molecule has 0 aromatic carbocycles. The number of carbonyl (C=O) groups is 1. The molecule has 0 atom stereocenters. The summed E-state index contributed by atoms with van der Waals surface area (Å²) < 4.78 is 0. The number of amides is 1. The van der Waals surface area contributed by atoms with E-state index >= 15 is 0 Å². The molecule has 0 unspecified atom stereocenters. The van der Waals surface area contributed by atoms with Gasteiger partial charge in [0.15, 0.2) is 0 Å². The quantitative estimate of drug-likeness (QED) is 0.634. The molecule has 3 nitrogen and oxygen atoms in total. The van der Waals surface area contributed by atoms with Crippen LogP contribution in [0.2, 0.25) is 0 Å². The molecule has 0 bridgehead atoms.